The molecule has 1 N–H and O–H groups in total. The minimum Gasteiger partial charge on any atom is -0.507 e. The van der Waals surface area contributed by atoms with Crippen LogP contribution < -0.4 is 4.74 Å². The van der Waals surface area contributed by atoms with Crippen LogP contribution in [-0.2, 0) is 9.59 Å². The van der Waals surface area contributed by atoms with Crippen LogP contribution in [0, 0.1) is 6.92 Å². The standard InChI is InChI=1S/C28H34N2O4/c1-5-19-34-23-15-13-21(14-16-23)25-24(26(31)22-11-9-20(4)10-12-22)27(32)28(33)30(25)18-8-17-29(6-2)7-3/h5,9-16,25,31H,1,6-8,17-19H2,2-4H3/b26-24-. The average Bonchev–Trinajstić information content (AvgIpc) is 3.10. The second-order valence-electron chi connectivity index (χ2n) is 8.41. The highest BCUT2D eigenvalue weighted by Gasteiger charge is 2.45. The molecule has 0 spiro atoms. The Morgan fingerprint density at radius 3 is 2.32 bits per heavy atom. The lowest BCUT2D eigenvalue weighted by Crippen LogP contribution is -2.33. The van der Waals surface area contributed by atoms with Crippen molar-refractivity contribution in [3.8, 4) is 5.75 Å². The Morgan fingerprint density at radius 2 is 1.74 bits per heavy atom. The molecule has 0 aromatic heterocycles. The first kappa shape index (κ1) is 25.2. The number of benzene rings is 2. The molecule has 2 aromatic rings. The summed E-state index contributed by atoms with van der Waals surface area (Å²) >= 11 is 0. The summed E-state index contributed by atoms with van der Waals surface area (Å²) in [5.41, 5.74) is 2.43. The van der Waals surface area contributed by atoms with Gasteiger partial charge in [-0.25, -0.2) is 0 Å². The SMILES string of the molecule is C=CCOc1ccc(C2/C(=C(/O)c3ccc(C)cc3)C(=O)C(=O)N2CCCN(CC)CC)cc1. The third kappa shape index (κ3) is 5.57. The number of rotatable bonds is 11. The van der Waals surface area contributed by atoms with Gasteiger partial charge in [0.15, 0.2) is 0 Å². The molecule has 1 aliphatic heterocycles. The molecule has 1 fully saturated rings. The molecule has 2 aromatic carbocycles. The molecule has 1 atom stereocenters. The number of carbonyl (C=O) groups excluding carboxylic acids is 2. The third-order valence-corrected chi connectivity index (χ3v) is 6.20. The van der Waals surface area contributed by atoms with Crippen molar-refractivity contribution < 1.29 is 19.4 Å². The molecule has 3 rings (SSSR count). The maximum Gasteiger partial charge on any atom is 0.295 e. The number of nitrogens with zero attached hydrogens (tertiary/aromatic N) is 2. The molecular weight excluding hydrogens is 428 g/mol. The molecule has 1 aliphatic rings. The van der Waals surface area contributed by atoms with E-state index in [1.54, 1.807) is 35.2 Å². The van der Waals surface area contributed by atoms with Crippen LogP contribution in [0.4, 0.5) is 0 Å². The van der Waals surface area contributed by atoms with E-state index in [0.717, 1.165) is 37.2 Å². The second-order valence-corrected chi connectivity index (χ2v) is 8.41. The quantitative estimate of drug-likeness (QED) is 0.227. The summed E-state index contributed by atoms with van der Waals surface area (Å²) in [7, 11) is 0. The van der Waals surface area contributed by atoms with Gasteiger partial charge in [0.05, 0.1) is 11.6 Å². The number of likely N-dealkylation sites (tertiary alicyclic amines) is 1. The van der Waals surface area contributed by atoms with Crippen LogP contribution in [0.3, 0.4) is 0 Å². The number of ether oxygens (including phenoxy) is 1. The molecule has 0 saturated carbocycles. The first-order chi connectivity index (χ1) is 16.4. The number of ketones is 1. The summed E-state index contributed by atoms with van der Waals surface area (Å²) in [6.45, 7) is 13.3. The van der Waals surface area contributed by atoms with Gasteiger partial charge in [-0.3, -0.25) is 9.59 Å². The normalized spacial score (nSPS) is 17.4. The summed E-state index contributed by atoms with van der Waals surface area (Å²) in [6, 6.07) is 13.9. The predicted molar refractivity (Wildman–Crippen MR) is 135 cm³/mol. The lowest BCUT2D eigenvalue weighted by molar-refractivity contribution is -0.140. The minimum atomic E-state index is -0.661. The Bertz CT molecular complexity index is 1040. The van der Waals surface area contributed by atoms with Gasteiger partial charge in [0, 0.05) is 12.1 Å². The first-order valence-electron chi connectivity index (χ1n) is 11.8. The van der Waals surface area contributed by atoms with Gasteiger partial charge in [0.1, 0.15) is 18.1 Å². The fourth-order valence-corrected chi connectivity index (χ4v) is 4.23. The summed E-state index contributed by atoms with van der Waals surface area (Å²) in [4.78, 5) is 30.1. The van der Waals surface area contributed by atoms with Gasteiger partial charge in [-0.05, 0) is 50.7 Å². The zero-order chi connectivity index (χ0) is 24.7. The zero-order valence-electron chi connectivity index (χ0n) is 20.3. The first-order valence-corrected chi connectivity index (χ1v) is 11.8. The Kier molecular flexibility index (Phi) is 8.66. The minimum absolute atomic E-state index is 0.122. The molecule has 0 radical (unpaired) electrons. The van der Waals surface area contributed by atoms with Crippen LogP contribution in [-0.4, -0.2) is 59.4 Å². The van der Waals surface area contributed by atoms with Crippen molar-refractivity contribution in [2.24, 2.45) is 0 Å². The average molecular weight is 463 g/mol. The molecule has 34 heavy (non-hydrogen) atoms. The number of amides is 1. The highest BCUT2D eigenvalue weighted by Crippen LogP contribution is 2.40. The van der Waals surface area contributed by atoms with E-state index in [-0.39, 0.29) is 11.3 Å². The number of hydrogen-bond donors (Lipinski definition) is 1. The lowest BCUT2D eigenvalue weighted by Gasteiger charge is -2.27. The molecule has 6 heteroatoms. The van der Waals surface area contributed by atoms with Gasteiger partial charge in [-0.15, -0.1) is 0 Å². The monoisotopic (exact) mass is 462 g/mol. The fourth-order valence-electron chi connectivity index (χ4n) is 4.23. The van der Waals surface area contributed by atoms with Gasteiger partial charge >= 0.3 is 0 Å². The van der Waals surface area contributed by atoms with Gasteiger partial charge in [0.2, 0.25) is 0 Å². The van der Waals surface area contributed by atoms with Crippen molar-refractivity contribution in [3.63, 3.8) is 0 Å². The topological polar surface area (TPSA) is 70.1 Å². The highest BCUT2D eigenvalue weighted by molar-refractivity contribution is 6.46. The van der Waals surface area contributed by atoms with E-state index >= 15 is 0 Å². The van der Waals surface area contributed by atoms with Gasteiger partial charge < -0.3 is 19.6 Å². The Labute approximate surface area is 202 Å². The number of hydrogen-bond acceptors (Lipinski definition) is 5. The number of aliphatic hydroxyl groups is 1. The Morgan fingerprint density at radius 1 is 1.09 bits per heavy atom. The lowest BCUT2D eigenvalue weighted by atomic mass is 9.95. The van der Waals surface area contributed by atoms with Crippen molar-refractivity contribution in [2.45, 2.75) is 33.2 Å². The van der Waals surface area contributed by atoms with Crippen LogP contribution in [0.25, 0.3) is 5.76 Å². The van der Waals surface area contributed by atoms with Crippen molar-refractivity contribution in [1.29, 1.82) is 0 Å². The number of carbonyl (C=O) groups is 2. The fraction of sp³-hybridized carbons (Fsp3) is 0.357. The van der Waals surface area contributed by atoms with E-state index in [4.69, 9.17) is 4.74 Å². The van der Waals surface area contributed by atoms with Gasteiger partial charge in [-0.2, -0.15) is 0 Å². The largest absolute Gasteiger partial charge is 0.507 e. The number of Topliss-reactive ketones (excluding diaryl/α,β-unsaturated/α-hetero) is 1. The zero-order valence-corrected chi connectivity index (χ0v) is 20.3. The van der Waals surface area contributed by atoms with Crippen LogP contribution in [0.15, 0.2) is 66.8 Å². The maximum atomic E-state index is 13.1. The second kappa shape index (κ2) is 11.7. The highest BCUT2D eigenvalue weighted by atomic mass is 16.5. The molecular formula is C28H34N2O4. The maximum absolute atomic E-state index is 13.1. The molecule has 1 saturated heterocycles. The van der Waals surface area contributed by atoms with Crippen LogP contribution in [0.5, 0.6) is 5.75 Å². The molecule has 180 valence electrons. The van der Waals surface area contributed by atoms with Crippen molar-refractivity contribution in [2.75, 3.05) is 32.8 Å². The van der Waals surface area contributed by atoms with E-state index in [1.807, 2.05) is 31.2 Å². The molecule has 6 nitrogen and oxygen atoms in total. The van der Waals surface area contributed by atoms with Crippen LogP contribution >= 0.6 is 0 Å². The van der Waals surface area contributed by atoms with Crippen LogP contribution in [0.1, 0.15) is 43.0 Å². The summed E-state index contributed by atoms with van der Waals surface area (Å²) in [5, 5.41) is 11.1. The molecule has 1 heterocycles. The molecule has 1 amide bonds. The van der Waals surface area contributed by atoms with Gasteiger partial charge in [0.25, 0.3) is 11.7 Å². The van der Waals surface area contributed by atoms with Gasteiger partial charge in [-0.1, -0.05) is 68.5 Å². The van der Waals surface area contributed by atoms with Crippen molar-refractivity contribution >= 4 is 17.4 Å². The summed E-state index contributed by atoms with van der Waals surface area (Å²) in [5.74, 6) is -0.717. The molecule has 0 bridgehead atoms. The van der Waals surface area contributed by atoms with E-state index in [0.29, 0.717) is 24.5 Å². The van der Waals surface area contributed by atoms with E-state index in [9.17, 15) is 14.7 Å². The molecule has 0 aliphatic carbocycles. The van der Waals surface area contributed by atoms with Crippen LogP contribution in [0.2, 0.25) is 0 Å². The van der Waals surface area contributed by atoms with Crippen molar-refractivity contribution in [3.05, 3.63) is 83.4 Å². The number of aliphatic hydroxyl groups excluding tert-OH is 1. The predicted octanol–water partition coefficient (Wildman–Crippen LogP) is 4.71. The van der Waals surface area contributed by atoms with E-state index in [2.05, 4.69) is 25.3 Å². The van der Waals surface area contributed by atoms with E-state index < -0.39 is 17.7 Å². The third-order valence-electron chi connectivity index (χ3n) is 6.20. The number of aryl methyl sites for hydroxylation is 1. The van der Waals surface area contributed by atoms with E-state index in [1.165, 1.54) is 0 Å². The Balaban J connectivity index is 2.00. The molecule has 1 unspecified atom stereocenters. The summed E-state index contributed by atoms with van der Waals surface area (Å²) in [6.07, 6.45) is 2.40. The summed E-state index contributed by atoms with van der Waals surface area (Å²) < 4.78 is 5.58. The Hall–Kier alpha value is -3.38. The van der Waals surface area contributed by atoms with Crippen molar-refractivity contribution in [1.82, 2.24) is 9.80 Å². The smallest absolute Gasteiger partial charge is 0.295 e.